The summed E-state index contributed by atoms with van der Waals surface area (Å²) in [5, 5.41) is 10.2. The Morgan fingerprint density at radius 2 is 1.75 bits per heavy atom. The summed E-state index contributed by atoms with van der Waals surface area (Å²) in [7, 11) is -0.490. The van der Waals surface area contributed by atoms with Crippen molar-refractivity contribution in [2.45, 2.75) is 43.9 Å². The van der Waals surface area contributed by atoms with Gasteiger partial charge in [-0.1, -0.05) is 43.2 Å². The van der Waals surface area contributed by atoms with Gasteiger partial charge in [-0.25, -0.2) is 8.42 Å². The number of nitrogens with zero attached hydrogens (tertiary/aromatic N) is 2. The molecule has 0 spiro atoms. The fraction of sp³-hybridized carbons (Fsp3) is 0.588. The first-order chi connectivity index (χ1) is 11.2. The van der Waals surface area contributed by atoms with Crippen LogP contribution in [0.2, 0.25) is 0 Å². The molecule has 24 heavy (non-hydrogen) atoms. The molecule has 3 atom stereocenters. The minimum Gasteiger partial charge on any atom is -0.391 e. The van der Waals surface area contributed by atoms with E-state index in [0.29, 0.717) is 12.0 Å². The van der Waals surface area contributed by atoms with Crippen molar-refractivity contribution in [2.75, 3.05) is 20.4 Å². The van der Waals surface area contributed by atoms with Gasteiger partial charge in [0.05, 0.1) is 18.4 Å². The molecule has 1 aliphatic rings. The second-order valence-corrected chi connectivity index (χ2v) is 8.50. The standard InChI is InChI=1S/C17H26N2O4S/c1-18(14-11-7-8-12-15(14)20)17(21)16(19(2)24(3,22)23)13-9-5-4-6-10-13/h4-6,9-10,14-16,20H,7-8,11-12H2,1-3H3/t14-,15-,16-/m1/s1. The van der Waals surface area contributed by atoms with E-state index in [-0.39, 0.29) is 11.9 Å². The highest BCUT2D eigenvalue weighted by Crippen LogP contribution is 2.28. The van der Waals surface area contributed by atoms with Crippen LogP contribution in [0.4, 0.5) is 0 Å². The van der Waals surface area contributed by atoms with Crippen molar-refractivity contribution >= 4 is 15.9 Å². The molecule has 1 fully saturated rings. The molecule has 0 bridgehead atoms. The average molecular weight is 354 g/mol. The molecule has 1 amide bonds. The molecule has 0 saturated heterocycles. The maximum Gasteiger partial charge on any atom is 0.245 e. The maximum atomic E-state index is 13.1. The molecule has 0 aliphatic heterocycles. The summed E-state index contributed by atoms with van der Waals surface area (Å²) in [4.78, 5) is 14.6. The van der Waals surface area contributed by atoms with Gasteiger partial charge < -0.3 is 10.0 Å². The Morgan fingerprint density at radius 3 is 2.29 bits per heavy atom. The lowest BCUT2D eigenvalue weighted by Crippen LogP contribution is -2.50. The zero-order valence-corrected chi connectivity index (χ0v) is 15.2. The lowest BCUT2D eigenvalue weighted by molar-refractivity contribution is -0.139. The van der Waals surface area contributed by atoms with Crippen LogP contribution in [0.3, 0.4) is 0 Å². The van der Waals surface area contributed by atoms with Gasteiger partial charge in [-0.15, -0.1) is 0 Å². The van der Waals surface area contributed by atoms with Gasteiger partial charge in [0.2, 0.25) is 15.9 Å². The lowest BCUT2D eigenvalue weighted by atomic mass is 9.91. The van der Waals surface area contributed by atoms with Crippen LogP contribution < -0.4 is 0 Å². The van der Waals surface area contributed by atoms with Crippen molar-refractivity contribution in [1.82, 2.24) is 9.21 Å². The molecule has 6 nitrogen and oxygen atoms in total. The van der Waals surface area contributed by atoms with Crippen molar-refractivity contribution in [3.63, 3.8) is 0 Å². The Hall–Kier alpha value is -1.44. The number of rotatable bonds is 5. The fourth-order valence-corrected chi connectivity index (χ4v) is 3.83. The highest BCUT2D eigenvalue weighted by molar-refractivity contribution is 7.88. The molecule has 2 rings (SSSR count). The lowest BCUT2D eigenvalue weighted by Gasteiger charge is -2.38. The number of aliphatic hydroxyl groups excluding tert-OH is 1. The number of hydrogen-bond donors (Lipinski definition) is 1. The fourth-order valence-electron chi connectivity index (χ4n) is 3.23. The summed E-state index contributed by atoms with van der Waals surface area (Å²) in [6, 6.07) is 7.67. The first-order valence-corrected chi connectivity index (χ1v) is 10.0. The molecule has 0 heterocycles. The van der Waals surface area contributed by atoms with Crippen LogP contribution >= 0.6 is 0 Å². The minimum absolute atomic E-state index is 0.273. The number of carbonyl (C=O) groups is 1. The van der Waals surface area contributed by atoms with Crippen LogP contribution in [0, 0.1) is 0 Å². The van der Waals surface area contributed by atoms with Crippen LogP contribution in [0.5, 0.6) is 0 Å². The van der Waals surface area contributed by atoms with Gasteiger partial charge in [-0.05, 0) is 18.4 Å². The third-order valence-electron chi connectivity index (χ3n) is 4.77. The third kappa shape index (κ3) is 4.15. The molecule has 1 N–H and O–H groups in total. The summed E-state index contributed by atoms with van der Waals surface area (Å²) in [6.45, 7) is 0. The molecule has 134 valence electrons. The molecule has 1 aromatic carbocycles. The predicted octanol–water partition coefficient (Wildman–Crippen LogP) is 1.38. The van der Waals surface area contributed by atoms with Crippen LogP contribution in [0.15, 0.2) is 30.3 Å². The molecular formula is C17H26N2O4S. The van der Waals surface area contributed by atoms with Crippen LogP contribution in [-0.2, 0) is 14.8 Å². The number of likely N-dealkylation sites (N-methyl/N-ethyl adjacent to an activating group) is 2. The first-order valence-electron chi connectivity index (χ1n) is 8.16. The van der Waals surface area contributed by atoms with E-state index < -0.39 is 22.2 Å². The zero-order valence-electron chi connectivity index (χ0n) is 14.4. The second kappa shape index (κ2) is 7.63. The Balaban J connectivity index is 2.34. The van der Waals surface area contributed by atoms with E-state index in [1.807, 2.05) is 6.07 Å². The highest BCUT2D eigenvalue weighted by Gasteiger charge is 2.37. The van der Waals surface area contributed by atoms with Crippen LogP contribution in [0.25, 0.3) is 0 Å². The van der Waals surface area contributed by atoms with Gasteiger partial charge in [-0.3, -0.25) is 4.79 Å². The number of hydrogen-bond acceptors (Lipinski definition) is 4. The van der Waals surface area contributed by atoms with Crippen LogP contribution in [0.1, 0.15) is 37.3 Å². The minimum atomic E-state index is -3.55. The van der Waals surface area contributed by atoms with Crippen molar-refractivity contribution in [3.8, 4) is 0 Å². The van der Waals surface area contributed by atoms with Crippen molar-refractivity contribution < 1.29 is 18.3 Å². The Kier molecular flexibility index (Phi) is 6.01. The Labute approximate surface area is 144 Å². The Bertz CT molecular complexity index is 662. The molecule has 1 aliphatic carbocycles. The molecule has 0 unspecified atom stereocenters. The number of aliphatic hydroxyl groups is 1. The summed E-state index contributed by atoms with van der Waals surface area (Å²) >= 11 is 0. The first kappa shape index (κ1) is 18.9. The summed E-state index contributed by atoms with van der Waals surface area (Å²) in [6.07, 6.45) is 3.83. The molecular weight excluding hydrogens is 328 g/mol. The van der Waals surface area contributed by atoms with E-state index in [9.17, 15) is 18.3 Å². The highest BCUT2D eigenvalue weighted by atomic mass is 32.2. The predicted molar refractivity (Wildman–Crippen MR) is 92.8 cm³/mol. The van der Waals surface area contributed by atoms with E-state index in [1.54, 1.807) is 31.3 Å². The third-order valence-corrected chi connectivity index (χ3v) is 6.03. The van der Waals surface area contributed by atoms with E-state index in [0.717, 1.165) is 29.8 Å². The Morgan fingerprint density at radius 1 is 1.17 bits per heavy atom. The second-order valence-electron chi connectivity index (χ2n) is 6.46. The van der Waals surface area contributed by atoms with Gasteiger partial charge in [0.15, 0.2) is 0 Å². The topological polar surface area (TPSA) is 77.9 Å². The zero-order chi connectivity index (χ0) is 17.9. The van der Waals surface area contributed by atoms with Gasteiger partial charge in [0.1, 0.15) is 6.04 Å². The maximum absolute atomic E-state index is 13.1. The number of benzene rings is 1. The van der Waals surface area contributed by atoms with Gasteiger partial charge in [-0.2, -0.15) is 4.31 Å². The molecule has 0 aromatic heterocycles. The largest absolute Gasteiger partial charge is 0.391 e. The van der Waals surface area contributed by atoms with Crippen LogP contribution in [-0.4, -0.2) is 61.1 Å². The number of carbonyl (C=O) groups excluding carboxylic acids is 1. The summed E-state index contributed by atoms with van der Waals surface area (Å²) in [5.41, 5.74) is 0.618. The smallest absolute Gasteiger partial charge is 0.245 e. The van der Waals surface area contributed by atoms with Crippen molar-refractivity contribution in [1.29, 1.82) is 0 Å². The average Bonchev–Trinajstić information content (AvgIpc) is 2.55. The molecule has 7 heteroatoms. The van der Waals surface area contributed by atoms with Crippen molar-refractivity contribution in [2.24, 2.45) is 0 Å². The van der Waals surface area contributed by atoms with Gasteiger partial charge in [0.25, 0.3) is 0 Å². The quantitative estimate of drug-likeness (QED) is 0.866. The van der Waals surface area contributed by atoms with E-state index in [4.69, 9.17) is 0 Å². The SMILES string of the molecule is CN(C(=O)[C@@H](c1ccccc1)N(C)S(C)(=O)=O)[C@@H]1CCCC[C@H]1O. The van der Waals surface area contributed by atoms with E-state index >= 15 is 0 Å². The molecule has 0 radical (unpaired) electrons. The summed E-state index contributed by atoms with van der Waals surface area (Å²) in [5.74, 6) is -0.319. The number of sulfonamides is 1. The molecule has 1 saturated carbocycles. The normalized spacial score (nSPS) is 23.0. The van der Waals surface area contributed by atoms with Gasteiger partial charge in [0, 0.05) is 14.1 Å². The van der Waals surface area contributed by atoms with Gasteiger partial charge >= 0.3 is 0 Å². The van der Waals surface area contributed by atoms with Crippen molar-refractivity contribution in [3.05, 3.63) is 35.9 Å². The van der Waals surface area contributed by atoms with E-state index in [1.165, 1.54) is 11.9 Å². The monoisotopic (exact) mass is 354 g/mol. The molecule has 1 aromatic rings. The van der Waals surface area contributed by atoms with E-state index in [2.05, 4.69) is 0 Å². The number of amides is 1. The summed E-state index contributed by atoms with van der Waals surface area (Å²) < 4.78 is 25.1.